The van der Waals surface area contributed by atoms with Crippen molar-refractivity contribution in [2.75, 3.05) is 10.6 Å². The van der Waals surface area contributed by atoms with Crippen LogP contribution in [0.4, 0.5) is 11.4 Å². The predicted molar refractivity (Wildman–Crippen MR) is 114 cm³/mol. The van der Waals surface area contributed by atoms with Crippen LogP contribution in [0.3, 0.4) is 0 Å². The summed E-state index contributed by atoms with van der Waals surface area (Å²) in [6, 6.07) is 14.8. The fourth-order valence-corrected chi connectivity index (χ4v) is 2.67. The molecule has 0 aliphatic carbocycles. The maximum atomic E-state index is 12.8. The Morgan fingerprint density at radius 2 is 1.43 bits per heavy atom. The van der Waals surface area contributed by atoms with Gasteiger partial charge in [0.05, 0.1) is 6.10 Å². The molecular formula is C23H30N2O3. The summed E-state index contributed by atoms with van der Waals surface area (Å²) >= 11 is 0. The molecule has 0 saturated heterocycles. The molecule has 5 nitrogen and oxygen atoms in total. The molecule has 0 heterocycles. The second-order valence-electron chi connectivity index (χ2n) is 7.97. The van der Waals surface area contributed by atoms with Gasteiger partial charge in [0.15, 0.2) is 0 Å². The summed E-state index contributed by atoms with van der Waals surface area (Å²) < 4.78 is 5.60. The molecule has 0 unspecified atom stereocenters. The van der Waals surface area contributed by atoms with Crippen molar-refractivity contribution >= 4 is 23.2 Å². The van der Waals surface area contributed by atoms with E-state index in [1.807, 2.05) is 38.1 Å². The summed E-state index contributed by atoms with van der Waals surface area (Å²) in [7, 11) is 0. The van der Waals surface area contributed by atoms with Crippen molar-refractivity contribution in [1.82, 2.24) is 0 Å². The lowest BCUT2D eigenvalue weighted by Gasteiger charge is -2.24. The second kappa shape index (κ2) is 8.91. The summed E-state index contributed by atoms with van der Waals surface area (Å²) in [5.74, 6) is 0.276. The molecule has 150 valence electrons. The quantitative estimate of drug-likeness (QED) is 0.647. The fourth-order valence-electron chi connectivity index (χ4n) is 2.67. The molecule has 2 aromatic carbocycles. The van der Waals surface area contributed by atoms with Gasteiger partial charge in [-0.1, -0.05) is 32.0 Å². The number of amides is 2. The highest BCUT2D eigenvalue weighted by molar-refractivity contribution is 6.14. The molecule has 0 aliphatic heterocycles. The van der Waals surface area contributed by atoms with Crippen LogP contribution in [0.5, 0.6) is 5.75 Å². The van der Waals surface area contributed by atoms with Crippen molar-refractivity contribution in [3.05, 3.63) is 54.1 Å². The molecular weight excluding hydrogens is 352 g/mol. The van der Waals surface area contributed by atoms with Crippen molar-refractivity contribution in [2.24, 2.45) is 5.41 Å². The van der Waals surface area contributed by atoms with E-state index in [0.717, 1.165) is 17.0 Å². The Bertz CT molecular complexity index is 824. The van der Waals surface area contributed by atoms with Crippen LogP contribution in [0, 0.1) is 5.41 Å². The number of benzene rings is 2. The number of anilines is 2. The number of rotatable bonds is 7. The molecule has 0 atom stereocenters. The average molecular weight is 383 g/mol. The van der Waals surface area contributed by atoms with E-state index >= 15 is 0 Å². The van der Waals surface area contributed by atoms with Crippen LogP contribution < -0.4 is 15.4 Å². The first kappa shape index (κ1) is 21.5. The second-order valence-corrected chi connectivity index (χ2v) is 7.97. The van der Waals surface area contributed by atoms with E-state index in [1.54, 1.807) is 38.1 Å². The van der Waals surface area contributed by atoms with Crippen LogP contribution in [0.15, 0.2) is 48.5 Å². The van der Waals surface area contributed by atoms with Gasteiger partial charge in [-0.25, -0.2) is 0 Å². The van der Waals surface area contributed by atoms with Crippen molar-refractivity contribution in [3.63, 3.8) is 0 Å². The van der Waals surface area contributed by atoms with Gasteiger partial charge < -0.3 is 15.4 Å². The number of carbonyl (C=O) groups excluding carboxylic acids is 2. The van der Waals surface area contributed by atoms with Crippen molar-refractivity contribution < 1.29 is 14.3 Å². The van der Waals surface area contributed by atoms with Gasteiger partial charge in [-0.05, 0) is 69.5 Å². The van der Waals surface area contributed by atoms with Crippen LogP contribution in [0.1, 0.15) is 53.0 Å². The van der Waals surface area contributed by atoms with Crippen molar-refractivity contribution in [2.45, 2.75) is 53.6 Å². The smallest absolute Gasteiger partial charge is 0.239 e. The van der Waals surface area contributed by atoms with Gasteiger partial charge in [0.2, 0.25) is 11.8 Å². The monoisotopic (exact) mass is 382 g/mol. The Balaban J connectivity index is 2.08. The van der Waals surface area contributed by atoms with E-state index in [4.69, 9.17) is 4.74 Å². The fraction of sp³-hybridized carbons (Fsp3) is 0.391. The first-order chi connectivity index (χ1) is 13.1. The molecule has 0 spiro atoms. The Morgan fingerprint density at radius 1 is 0.857 bits per heavy atom. The van der Waals surface area contributed by atoms with Gasteiger partial charge in [0.25, 0.3) is 0 Å². The SMILES string of the molecule is CC(C)Oc1ccc(NC(=O)C(C)(C)C(=O)Nc2ccccc2C(C)C)cc1. The zero-order valence-corrected chi connectivity index (χ0v) is 17.5. The summed E-state index contributed by atoms with van der Waals surface area (Å²) in [5.41, 5.74) is 1.15. The first-order valence-electron chi connectivity index (χ1n) is 9.59. The molecule has 28 heavy (non-hydrogen) atoms. The number of ether oxygens (including phenoxy) is 1. The highest BCUT2D eigenvalue weighted by atomic mass is 16.5. The predicted octanol–water partition coefficient (Wildman–Crippen LogP) is 5.20. The topological polar surface area (TPSA) is 67.4 Å². The number of hydrogen-bond acceptors (Lipinski definition) is 3. The lowest BCUT2D eigenvalue weighted by atomic mass is 9.90. The molecule has 2 N–H and O–H groups in total. The third-order valence-corrected chi connectivity index (χ3v) is 4.45. The first-order valence-corrected chi connectivity index (χ1v) is 9.59. The van der Waals surface area contributed by atoms with Gasteiger partial charge in [0.1, 0.15) is 11.2 Å². The summed E-state index contributed by atoms with van der Waals surface area (Å²) in [6.45, 7) is 11.3. The Kier molecular flexibility index (Phi) is 6.84. The minimum absolute atomic E-state index is 0.0804. The van der Waals surface area contributed by atoms with Gasteiger partial charge in [-0.3, -0.25) is 9.59 Å². The molecule has 2 rings (SSSR count). The molecule has 5 heteroatoms. The molecule has 0 aromatic heterocycles. The van der Waals surface area contributed by atoms with Crippen LogP contribution in [0.2, 0.25) is 0 Å². The molecule has 2 aromatic rings. The van der Waals surface area contributed by atoms with Crippen molar-refractivity contribution in [1.29, 1.82) is 0 Å². The highest BCUT2D eigenvalue weighted by Crippen LogP contribution is 2.27. The number of nitrogens with one attached hydrogen (secondary N) is 2. The zero-order valence-electron chi connectivity index (χ0n) is 17.5. The largest absolute Gasteiger partial charge is 0.491 e. The van der Waals surface area contributed by atoms with Gasteiger partial charge in [-0.15, -0.1) is 0 Å². The van der Waals surface area contributed by atoms with Gasteiger partial charge in [0, 0.05) is 11.4 Å². The molecule has 0 aliphatic rings. The molecule has 0 bridgehead atoms. The standard InChI is InChI=1S/C23H30N2O3/c1-15(2)19-9-7-8-10-20(19)25-22(27)23(5,6)21(26)24-17-11-13-18(14-12-17)28-16(3)4/h7-16H,1-6H3,(H,24,26)(H,25,27). The lowest BCUT2D eigenvalue weighted by molar-refractivity contribution is -0.135. The molecule has 0 radical (unpaired) electrons. The minimum atomic E-state index is -1.24. The normalized spacial score (nSPS) is 11.4. The van der Waals surface area contributed by atoms with E-state index in [1.165, 1.54) is 0 Å². The van der Waals surface area contributed by atoms with Crippen molar-refractivity contribution in [3.8, 4) is 5.75 Å². The van der Waals surface area contributed by atoms with E-state index in [0.29, 0.717) is 5.69 Å². The maximum absolute atomic E-state index is 12.8. The number of hydrogen-bond donors (Lipinski definition) is 2. The minimum Gasteiger partial charge on any atom is -0.491 e. The van der Waals surface area contributed by atoms with Crippen LogP contribution in [0.25, 0.3) is 0 Å². The molecule has 0 fully saturated rings. The maximum Gasteiger partial charge on any atom is 0.239 e. The Labute approximate surface area is 167 Å². The van der Waals surface area contributed by atoms with E-state index in [9.17, 15) is 9.59 Å². The summed E-state index contributed by atoms with van der Waals surface area (Å²) in [4.78, 5) is 25.6. The Hall–Kier alpha value is -2.82. The van der Waals surface area contributed by atoms with E-state index in [2.05, 4.69) is 24.5 Å². The van der Waals surface area contributed by atoms with Gasteiger partial charge >= 0.3 is 0 Å². The van der Waals surface area contributed by atoms with Gasteiger partial charge in [-0.2, -0.15) is 0 Å². The van der Waals surface area contributed by atoms with Crippen LogP contribution >= 0.6 is 0 Å². The summed E-state index contributed by atoms with van der Waals surface area (Å²) in [6.07, 6.45) is 0.0804. The Morgan fingerprint density at radius 3 is 2.00 bits per heavy atom. The van der Waals surface area contributed by atoms with Crippen LogP contribution in [-0.4, -0.2) is 17.9 Å². The third-order valence-electron chi connectivity index (χ3n) is 4.45. The highest BCUT2D eigenvalue weighted by Gasteiger charge is 2.36. The lowest BCUT2D eigenvalue weighted by Crippen LogP contribution is -2.41. The molecule has 0 saturated carbocycles. The number of carbonyl (C=O) groups is 2. The van der Waals surface area contributed by atoms with E-state index < -0.39 is 5.41 Å². The van der Waals surface area contributed by atoms with E-state index in [-0.39, 0.29) is 23.8 Å². The zero-order chi connectivity index (χ0) is 20.9. The summed E-state index contributed by atoms with van der Waals surface area (Å²) in [5, 5.41) is 5.72. The third kappa shape index (κ3) is 5.35. The molecule has 2 amide bonds. The average Bonchev–Trinajstić information content (AvgIpc) is 2.63. The van der Waals surface area contributed by atoms with Crippen LogP contribution in [-0.2, 0) is 9.59 Å². The number of para-hydroxylation sites is 1.